The molecule has 1 atom stereocenters. The molecular formula is C13H24O3. The maximum Gasteiger partial charge on any atom is 0.303 e. The van der Waals surface area contributed by atoms with Crippen molar-refractivity contribution in [3.05, 3.63) is 12.2 Å². The van der Waals surface area contributed by atoms with Gasteiger partial charge in [-0.3, -0.25) is 4.79 Å². The van der Waals surface area contributed by atoms with Gasteiger partial charge in [0, 0.05) is 13.5 Å². The van der Waals surface area contributed by atoms with Crippen molar-refractivity contribution in [2.75, 3.05) is 7.11 Å². The number of carbonyl (C=O) groups is 1. The molecule has 0 saturated carbocycles. The fraction of sp³-hybridized carbons (Fsp3) is 0.769. The van der Waals surface area contributed by atoms with Gasteiger partial charge in [-0.05, 0) is 19.3 Å². The minimum Gasteiger partial charge on any atom is -0.481 e. The van der Waals surface area contributed by atoms with Crippen molar-refractivity contribution in [2.45, 2.75) is 58.0 Å². The summed E-state index contributed by atoms with van der Waals surface area (Å²) in [5.41, 5.74) is 0. The summed E-state index contributed by atoms with van der Waals surface area (Å²) in [7, 11) is 1.74. The summed E-state index contributed by atoms with van der Waals surface area (Å²) in [4.78, 5) is 10.3. The van der Waals surface area contributed by atoms with Gasteiger partial charge in [-0.1, -0.05) is 38.3 Å². The van der Waals surface area contributed by atoms with Crippen LogP contribution in [0.5, 0.6) is 0 Å². The number of allylic oxidation sites excluding steroid dienone is 1. The van der Waals surface area contributed by atoms with Crippen LogP contribution in [0.4, 0.5) is 0 Å². The normalized spacial score (nSPS) is 13.1. The smallest absolute Gasteiger partial charge is 0.303 e. The zero-order valence-corrected chi connectivity index (χ0v) is 10.4. The maximum atomic E-state index is 10.3. The molecule has 1 unspecified atom stereocenters. The van der Waals surface area contributed by atoms with E-state index in [9.17, 15) is 4.79 Å². The fourth-order valence-corrected chi connectivity index (χ4v) is 1.53. The van der Waals surface area contributed by atoms with Crippen molar-refractivity contribution in [2.24, 2.45) is 0 Å². The average molecular weight is 228 g/mol. The molecule has 0 aliphatic heterocycles. The molecule has 0 heterocycles. The highest BCUT2D eigenvalue weighted by atomic mass is 16.5. The van der Waals surface area contributed by atoms with Gasteiger partial charge in [0.15, 0.2) is 0 Å². The minimum atomic E-state index is -0.740. The monoisotopic (exact) mass is 228 g/mol. The summed E-state index contributed by atoms with van der Waals surface area (Å²) in [6.07, 6.45) is 10.7. The first-order valence-corrected chi connectivity index (χ1v) is 6.10. The lowest BCUT2D eigenvalue weighted by molar-refractivity contribution is -0.136. The van der Waals surface area contributed by atoms with Crippen LogP contribution >= 0.6 is 0 Å². The highest BCUT2D eigenvalue weighted by Gasteiger charge is 2.03. The topological polar surface area (TPSA) is 46.5 Å². The third-order valence-corrected chi connectivity index (χ3v) is 2.55. The molecule has 0 aliphatic rings. The number of hydrogen-bond acceptors (Lipinski definition) is 2. The molecule has 0 saturated heterocycles. The second kappa shape index (κ2) is 10.7. The molecule has 0 radical (unpaired) electrons. The van der Waals surface area contributed by atoms with Crippen LogP contribution in [0.25, 0.3) is 0 Å². The summed E-state index contributed by atoms with van der Waals surface area (Å²) in [5.74, 6) is -0.740. The molecule has 0 rings (SSSR count). The largest absolute Gasteiger partial charge is 0.481 e. The lowest BCUT2D eigenvalue weighted by Gasteiger charge is -2.12. The Balaban J connectivity index is 3.56. The van der Waals surface area contributed by atoms with Crippen LogP contribution in [-0.2, 0) is 9.53 Å². The molecule has 3 nitrogen and oxygen atoms in total. The Kier molecular flexibility index (Phi) is 10.1. The molecule has 0 amide bonds. The maximum absolute atomic E-state index is 10.3. The van der Waals surface area contributed by atoms with E-state index in [1.165, 1.54) is 19.3 Å². The zero-order valence-electron chi connectivity index (χ0n) is 10.4. The van der Waals surface area contributed by atoms with Gasteiger partial charge < -0.3 is 9.84 Å². The first-order valence-electron chi connectivity index (χ1n) is 6.10. The summed E-state index contributed by atoms with van der Waals surface area (Å²) < 4.78 is 5.36. The molecule has 0 spiro atoms. The zero-order chi connectivity index (χ0) is 12.2. The number of carboxylic acids is 1. The Morgan fingerprint density at radius 3 is 2.69 bits per heavy atom. The molecule has 0 fully saturated rings. The molecule has 0 aromatic heterocycles. The second-order valence-electron chi connectivity index (χ2n) is 3.99. The Labute approximate surface area is 98.5 Å². The number of unbranched alkanes of at least 4 members (excludes halogenated alkanes) is 2. The van der Waals surface area contributed by atoms with E-state index in [2.05, 4.69) is 6.92 Å². The number of methoxy groups -OCH3 is 1. The Bertz CT molecular complexity index is 199. The molecule has 0 aromatic carbocycles. The van der Waals surface area contributed by atoms with Gasteiger partial charge in [-0.15, -0.1) is 0 Å². The van der Waals surface area contributed by atoms with Crippen LogP contribution < -0.4 is 0 Å². The van der Waals surface area contributed by atoms with Crippen molar-refractivity contribution in [3.8, 4) is 0 Å². The molecule has 0 aromatic rings. The van der Waals surface area contributed by atoms with Gasteiger partial charge in [-0.25, -0.2) is 0 Å². The van der Waals surface area contributed by atoms with Crippen molar-refractivity contribution in [3.63, 3.8) is 0 Å². The number of carboxylic acid groups (broad SMARTS) is 1. The molecule has 0 aliphatic carbocycles. The van der Waals surface area contributed by atoms with E-state index in [-0.39, 0.29) is 12.5 Å². The average Bonchev–Trinajstić information content (AvgIpc) is 2.26. The predicted octanol–water partition coefficient (Wildman–Crippen LogP) is 3.39. The predicted molar refractivity (Wildman–Crippen MR) is 65.6 cm³/mol. The lowest BCUT2D eigenvalue weighted by Crippen LogP contribution is -2.08. The van der Waals surface area contributed by atoms with Gasteiger partial charge in [0.1, 0.15) is 0 Å². The molecule has 16 heavy (non-hydrogen) atoms. The number of hydrogen-bond donors (Lipinski definition) is 1. The highest BCUT2D eigenvalue weighted by Crippen LogP contribution is 2.10. The van der Waals surface area contributed by atoms with Crippen molar-refractivity contribution in [1.82, 2.24) is 0 Å². The molecule has 0 bridgehead atoms. The van der Waals surface area contributed by atoms with E-state index >= 15 is 0 Å². The van der Waals surface area contributed by atoms with Crippen LogP contribution in [0.2, 0.25) is 0 Å². The van der Waals surface area contributed by atoms with Gasteiger partial charge in [-0.2, -0.15) is 0 Å². The minimum absolute atomic E-state index is 0.212. The van der Waals surface area contributed by atoms with Crippen LogP contribution in [0.15, 0.2) is 12.2 Å². The molecule has 3 heteroatoms. The van der Waals surface area contributed by atoms with E-state index in [4.69, 9.17) is 9.84 Å². The quantitative estimate of drug-likeness (QED) is 0.460. The Hall–Kier alpha value is -0.830. The third-order valence-electron chi connectivity index (χ3n) is 2.55. The van der Waals surface area contributed by atoms with Crippen LogP contribution in [-0.4, -0.2) is 24.3 Å². The van der Waals surface area contributed by atoms with Gasteiger partial charge in [0.25, 0.3) is 0 Å². The third kappa shape index (κ3) is 9.71. The fourth-order valence-electron chi connectivity index (χ4n) is 1.53. The molecular weight excluding hydrogens is 204 g/mol. The first kappa shape index (κ1) is 15.2. The summed E-state index contributed by atoms with van der Waals surface area (Å²) in [5, 5.41) is 8.45. The van der Waals surface area contributed by atoms with Gasteiger partial charge >= 0.3 is 5.97 Å². The van der Waals surface area contributed by atoms with Crippen LogP contribution in [0.1, 0.15) is 51.9 Å². The van der Waals surface area contributed by atoms with Crippen molar-refractivity contribution >= 4 is 5.97 Å². The van der Waals surface area contributed by atoms with Crippen LogP contribution in [0, 0.1) is 0 Å². The molecule has 94 valence electrons. The summed E-state index contributed by atoms with van der Waals surface area (Å²) in [6.45, 7) is 2.19. The summed E-state index contributed by atoms with van der Waals surface area (Å²) in [6, 6.07) is 0. The van der Waals surface area contributed by atoms with E-state index in [0.29, 0.717) is 6.42 Å². The van der Waals surface area contributed by atoms with E-state index in [1.54, 1.807) is 7.11 Å². The molecule has 1 N–H and O–H groups in total. The van der Waals surface area contributed by atoms with Crippen molar-refractivity contribution in [1.29, 1.82) is 0 Å². The van der Waals surface area contributed by atoms with E-state index in [0.717, 1.165) is 12.8 Å². The number of rotatable bonds is 10. The van der Waals surface area contributed by atoms with E-state index < -0.39 is 5.97 Å². The summed E-state index contributed by atoms with van der Waals surface area (Å²) >= 11 is 0. The second-order valence-corrected chi connectivity index (χ2v) is 3.99. The standard InChI is InChI=1S/C13H24O3/c1-3-4-6-9-12(16-2)10-7-5-8-11-13(14)15/h5,7,12H,3-4,6,8-11H2,1-2H3,(H,14,15). The van der Waals surface area contributed by atoms with Crippen LogP contribution in [0.3, 0.4) is 0 Å². The lowest BCUT2D eigenvalue weighted by atomic mass is 10.1. The van der Waals surface area contributed by atoms with E-state index in [1.807, 2.05) is 12.2 Å². The number of aliphatic carboxylic acids is 1. The van der Waals surface area contributed by atoms with Crippen molar-refractivity contribution < 1.29 is 14.6 Å². The highest BCUT2D eigenvalue weighted by molar-refractivity contribution is 5.66. The van der Waals surface area contributed by atoms with Gasteiger partial charge in [0.2, 0.25) is 0 Å². The number of ether oxygens (including phenoxy) is 1. The Morgan fingerprint density at radius 1 is 1.38 bits per heavy atom. The first-order chi connectivity index (χ1) is 7.70. The van der Waals surface area contributed by atoms with Gasteiger partial charge in [0.05, 0.1) is 6.10 Å². The Morgan fingerprint density at radius 2 is 2.12 bits per heavy atom. The SMILES string of the molecule is CCCCCC(CC=CCCC(=O)O)OC.